The molecule has 1 aliphatic heterocycles. The van der Waals surface area contributed by atoms with Crippen molar-refractivity contribution in [3.63, 3.8) is 0 Å². The minimum atomic E-state index is -0.304. The first-order valence-corrected chi connectivity index (χ1v) is 11.0. The molecule has 3 aromatic rings. The van der Waals surface area contributed by atoms with E-state index in [1.54, 1.807) is 4.90 Å². The fourth-order valence-corrected chi connectivity index (χ4v) is 3.79. The zero-order valence-corrected chi connectivity index (χ0v) is 18.2. The molecule has 1 aliphatic rings. The molecule has 1 saturated heterocycles. The summed E-state index contributed by atoms with van der Waals surface area (Å²) >= 11 is 0. The number of para-hydroxylation sites is 2. The van der Waals surface area contributed by atoms with Gasteiger partial charge in [-0.15, -0.1) is 0 Å². The van der Waals surface area contributed by atoms with Crippen molar-refractivity contribution in [3.05, 3.63) is 88.8 Å². The Balaban J connectivity index is 1.38. The Labute approximate surface area is 191 Å². The fourth-order valence-electron chi connectivity index (χ4n) is 3.79. The van der Waals surface area contributed by atoms with Crippen LogP contribution in [0.15, 0.2) is 77.6 Å². The first kappa shape index (κ1) is 22.3. The van der Waals surface area contributed by atoms with Crippen LogP contribution >= 0.6 is 0 Å². The van der Waals surface area contributed by atoms with E-state index in [1.807, 2.05) is 60.7 Å². The molecule has 1 fully saturated rings. The Morgan fingerprint density at radius 1 is 1.00 bits per heavy atom. The van der Waals surface area contributed by atoms with Crippen molar-refractivity contribution in [1.82, 2.24) is 14.7 Å². The minimum Gasteiger partial charge on any atom is -0.492 e. The van der Waals surface area contributed by atoms with Crippen molar-refractivity contribution in [2.24, 2.45) is 5.92 Å². The average Bonchev–Trinajstić information content (AvgIpc) is 2.86. The zero-order chi connectivity index (χ0) is 23.0. The van der Waals surface area contributed by atoms with Crippen LogP contribution in [0.3, 0.4) is 0 Å². The summed E-state index contributed by atoms with van der Waals surface area (Å²) in [6.45, 7) is 1.33. The second kappa shape index (κ2) is 10.6. The van der Waals surface area contributed by atoms with E-state index in [4.69, 9.17) is 4.74 Å². The van der Waals surface area contributed by atoms with Crippen molar-refractivity contribution in [2.45, 2.75) is 19.4 Å². The molecule has 4 rings (SSSR count). The number of hydrogen-bond acceptors (Lipinski definition) is 5. The lowest BCUT2D eigenvalue weighted by atomic mass is 9.96. The molecule has 0 radical (unpaired) electrons. The van der Waals surface area contributed by atoms with Crippen molar-refractivity contribution >= 4 is 17.5 Å². The summed E-state index contributed by atoms with van der Waals surface area (Å²) < 4.78 is 6.87. The number of piperidine rings is 1. The highest BCUT2D eigenvalue weighted by Crippen LogP contribution is 2.20. The highest BCUT2D eigenvalue weighted by Gasteiger charge is 2.29. The maximum Gasteiger partial charge on any atom is 0.274 e. The topological polar surface area (TPSA) is 93.5 Å². The quantitative estimate of drug-likeness (QED) is 0.602. The smallest absolute Gasteiger partial charge is 0.274 e. The zero-order valence-electron chi connectivity index (χ0n) is 18.2. The summed E-state index contributed by atoms with van der Waals surface area (Å²) in [7, 11) is 0. The van der Waals surface area contributed by atoms with Gasteiger partial charge in [-0.25, -0.2) is 4.68 Å². The lowest BCUT2D eigenvalue weighted by Gasteiger charge is -2.31. The number of carbonyl (C=O) groups is 2. The summed E-state index contributed by atoms with van der Waals surface area (Å²) in [6.07, 6.45) is 1.44. The highest BCUT2D eigenvalue weighted by atomic mass is 16.5. The van der Waals surface area contributed by atoms with E-state index in [0.29, 0.717) is 25.3 Å². The predicted molar refractivity (Wildman–Crippen MR) is 124 cm³/mol. The van der Waals surface area contributed by atoms with Crippen LogP contribution < -0.4 is 15.6 Å². The van der Waals surface area contributed by atoms with E-state index in [1.165, 1.54) is 16.8 Å². The van der Waals surface area contributed by atoms with Crippen LogP contribution in [0.5, 0.6) is 5.75 Å². The summed E-state index contributed by atoms with van der Waals surface area (Å²) in [5.74, 6) is 0.0126. The van der Waals surface area contributed by atoms with Gasteiger partial charge in [0, 0.05) is 24.8 Å². The Morgan fingerprint density at radius 2 is 1.73 bits per heavy atom. The molecule has 170 valence electrons. The van der Waals surface area contributed by atoms with Gasteiger partial charge < -0.3 is 15.0 Å². The van der Waals surface area contributed by atoms with E-state index in [9.17, 15) is 14.4 Å². The largest absolute Gasteiger partial charge is 0.492 e. The average molecular weight is 447 g/mol. The number of nitrogens with zero attached hydrogens (tertiary/aromatic N) is 3. The first-order chi connectivity index (χ1) is 16.1. The van der Waals surface area contributed by atoms with E-state index in [-0.39, 0.29) is 42.1 Å². The summed E-state index contributed by atoms with van der Waals surface area (Å²) in [5.41, 5.74) is 0.609. The van der Waals surface area contributed by atoms with Crippen LogP contribution in [0.4, 0.5) is 5.69 Å². The maximum atomic E-state index is 13.1. The predicted octanol–water partition coefficient (Wildman–Crippen LogP) is 2.81. The van der Waals surface area contributed by atoms with Crippen LogP contribution in [-0.4, -0.2) is 46.2 Å². The summed E-state index contributed by atoms with van der Waals surface area (Å²) in [5, 5.41) is 7.16. The Hall–Kier alpha value is -3.94. The van der Waals surface area contributed by atoms with Gasteiger partial charge in [0.25, 0.3) is 11.5 Å². The van der Waals surface area contributed by atoms with Gasteiger partial charge >= 0.3 is 0 Å². The molecule has 0 aliphatic carbocycles. The maximum absolute atomic E-state index is 13.1. The van der Waals surface area contributed by atoms with Gasteiger partial charge in [-0.05, 0) is 43.2 Å². The molecule has 33 heavy (non-hydrogen) atoms. The van der Waals surface area contributed by atoms with Gasteiger partial charge in [0.1, 0.15) is 18.1 Å². The summed E-state index contributed by atoms with van der Waals surface area (Å²) in [4.78, 5) is 39.6. The normalized spacial score (nSPS) is 15.6. The third-order valence-corrected chi connectivity index (χ3v) is 5.52. The first-order valence-electron chi connectivity index (χ1n) is 11.0. The van der Waals surface area contributed by atoms with E-state index >= 15 is 0 Å². The number of benzene rings is 2. The van der Waals surface area contributed by atoms with E-state index in [2.05, 4.69) is 10.4 Å². The SMILES string of the molecule is O=C(Nc1ccccc1)C1CCCN(C(=O)c2ccc(=O)n(CCOc3ccccc3)n2)C1. The number of ether oxygens (including phenoxy) is 1. The molecule has 8 nitrogen and oxygen atoms in total. The van der Waals surface area contributed by atoms with E-state index in [0.717, 1.165) is 12.1 Å². The molecule has 2 aromatic carbocycles. The molecule has 1 N–H and O–H groups in total. The van der Waals surface area contributed by atoms with Crippen LogP contribution in [0.1, 0.15) is 23.3 Å². The number of hydrogen-bond donors (Lipinski definition) is 1. The third-order valence-electron chi connectivity index (χ3n) is 5.52. The number of anilines is 1. The molecule has 0 bridgehead atoms. The molecular formula is C25H26N4O4. The lowest BCUT2D eigenvalue weighted by molar-refractivity contribution is -0.121. The molecule has 0 saturated carbocycles. The number of carbonyl (C=O) groups excluding carboxylic acids is 2. The Kier molecular flexibility index (Phi) is 7.14. The second-order valence-electron chi connectivity index (χ2n) is 7.89. The molecule has 8 heteroatoms. The molecule has 2 amide bonds. The minimum absolute atomic E-state index is 0.102. The molecule has 1 unspecified atom stereocenters. The van der Waals surface area contributed by atoms with Gasteiger partial charge in [0.05, 0.1) is 12.5 Å². The van der Waals surface area contributed by atoms with Gasteiger partial charge in [-0.3, -0.25) is 14.4 Å². The van der Waals surface area contributed by atoms with Crippen LogP contribution in [-0.2, 0) is 11.3 Å². The molecule has 1 atom stereocenters. The Morgan fingerprint density at radius 3 is 2.48 bits per heavy atom. The van der Waals surface area contributed by atoms with Gasteiger partial charge in [0.15, 0.2) is 0 Å². The summed E-state index contributed by atoms with van der Waals surface area (Å²) in [6, 6.07) is 21.3. The third kappa shape index (κ3) is 5.85. The Bertz CT molecular complexity index is 1150. The standard InChI is InChI=1S/C25H26N4O4/c30-23-14-13-22(27-29(23)16-17-33-21-11-5-2-6-12-21)25(32)28-15-7-8-19(18-28)24(31)26-20-9-3-1-4-10-20/h1-6,9-14,19H,7-8,15-18H2,(H,26,31). The molecule has 1 aromatic heterocycles. The van der Waals surface area contributed by atoms with Gasteiger partial charge in [-0.2, -0.15) is 5.10 Å². The molecule has 2 heterocycles. The fraction of sp³-hybridized carbons (Fsp3) is 0.280. The van der Waals surface area contributed by atoms with Crippen LogP contribution in [0, 0.1) is 5.92 Å². The van der Waals surface area contributed by atoms with Crippen LogP contribution in [0.25, 0.3) is 0 Å². The van der Waals surface area contributed by atoms with Crippen LogP contribution in [0.2, 0.25) is 0 Å². The number of nitrogens with one attached hydrogen (secondary N) is 1. The number of likely N-dealkylation sites (tertiary alicyclic amines) is 1. The number of rotatable bonds is 7. The number of amides is 2. The molecular weight excluding hydrogens is 420 g/mol. The van der Waals surface area contributed by atoms with Gasteiger partial charge in [0.2, 0.25) is 5.91 Å². The molecule has 0 spiro atoms. The van der Waals surface area contributed by atoms with Crippen molar-refractivity contribution in [2.75, 3.05) is 25.0 Å². The van der Waals surface area contributed by atoms with Crippen molar-refractivity contribution < 1.29 is 14.3 Å². The number of aromatic nitrogens is 2. The monoisotopic (exact) mass is 446 g/mol. The lowest BCUT2D eigenvalue weighted by Crippen LogP contribution is -2.44. The highest BCUT2D eigenvalue weighted by molar-refractivity contribution is 5.95. The van der Waals surface area contributed by atoms with Crippen molar-refractivity contribution in [1.29, 1.82) is 0 Å². The second-order valence-corrected chi connectivity index (χ2v) is 7.89. The van der Waals surface area contributed by atoms with Crippen molar-refractivity contribution in [3.8, 4) is 5.75 Å². The van der Waals surface area contributed by atoms with E-state index < -0.39 is 0 Å². The van der Waals surface area contributed by atoms with Gasteiger partial charge in [-0.1, -0.05) is 36.4 Å².